The van der Waals surface area contributed by atoms with Gasteiger partial charge in [-0.2, -0.15) is 5.10 Å². The fourth-order valence-electron chi connectivity index (χ4n) is 13.4. The largest absolute Gasteiger partial charge is 0.573 e. The zero-order valence-electron chi connectivity index (χ0n) is 67.5. The number of alkyl halides is 18. The number of esters is 1. The lowest BCUT2D eigenvalue weighted by Crippen LogP contribution is -2.52. The van der Waals surface area contributed by atoms with Crippen LogP contribution in [0.25, 0.3) is 0 Å². The third-order valence-corrected chi connectivity index (χ3v) is 19.9. The highest BCUT2D eigenvalue weighted by Gasteiger charge is 2.45. The van der Waals surface area contributed by atoms with Gasteiger partial charge in [0.2, 0.25) is 0 Å². The van der Waals surface area contributed by atoms with Crippen molar-refractivity contribution in [3.63, 3.8) is 0 Å². The van der Waals surface area contributed by atoms with Gasteiger partial charge in [-0.25, -0.2) is 19.4 Å². The summed E-state index contributed by atoms with van der Waals surface area (Å²) >= 11 is 4.32. The summed E-state index contributed by atoms with van der Waals surface area (Å²) in [6.45, 7) is 3.69. The molecule has 2 heterocycles. The third kappa shape index (κ3) is 33.9. The van der Waals surface area contributed by atoms with Crippen molar-refractivity contribution in [3.05, 3.63) is 321 Å². The molecular weight excluding hydrogens is 1850 g/mol. The number of hydrogen-bond acceptors (Lipinski definition) is 15. The van der Waals surface area contributed by atoms with Crippen LogP contribution in [0.2, 0.25) is 0 Å². The second-order valence-corrected chi connectivity index (χ2v) is 29.9. The van der Waals surface area contributed by atoms with Gasteiger partial charge in [0.1, 0.15) is 34.5 Å². The zero-order valence-corrected chi connectivity index (χ0v) is 69.9. The van der Waals surface area contributed by atoms with E-state index in [0.29, 0.717) is 39.7 Å². The number of thiazole rings is 1. The van der Waals surface area contributed by atoms with E-state index in [1.807, 2.05) is 0 Å². The summed E-state index contributed by atoms with van der Waals surface area (Å²) in [7, 11) is 2.87. The van der Waals surface area contributed by atoms with E-state index in [1.54, 1.807) is 110 Å². The van der Waals surface area contributed by atoms with Crippen LogP contribution >= 0.6 is 27.3 Å². The first-order chi connectivity index (χ1) is 60.7. The number of aliphatic hydroxyl groups is 1. The molecule has 0 fully saturated rings. The number of nitrogens with zero attached hydrogens (tertiary/aromatic N) is 3. The molecule has 0 spiro atoms. The van der Waals surface area contributed by atoms with Crippen LogP contribution in [0.4, 0.5) is 104 Å². The molecule has 11 aromatic rings. The number of unbranched alkanes of at least 4 members (excludes halogenated alkanes) is 3. The standard InChI is InChI=1S/C31H32F6N2O4.C30H25F6N3O5S.C27H21BrF6N4O3.2CH4/c1-22(40)11-5-2-3-8-18-38-28(41)39-29(21-23-12-6-4-7-13-23,24-14-9-16-26(19-24)42-30(32,33)34)25-15-10-17-27(20-25)43-31(35,36)37;1-42-25(40)14-13-22-18-45-27(37-22)38-26(41)39-28(17-19-7-3-2-4-8-19,20-9-5-11-23(15-20)43-29(31,32)33)21-10-6-12-24(16-21)44-30(34,35)36;1-38-16-22(28)23(37-38)35-24(39)36-25(15-17-7-3-2-4-8-17,18-9-5-11-20(13-18)40-26(29,30)31)19-10-6-12-21(14-19)41-27(32,33)34;;/h4,6-7,9-10,12-17,19-20,40H,1-3,5,8,11,18,21H2,(H2,38,39,41);2-12,15-16,18H,13-14,17H2,1H3,(H2,37,38,39,41);2-14,16H,15H2,1H3,(H2,35,36,37,39);2*1H4. The fourth-order valence-corrected chi connectivity index (χ4v) is 14.6. The van der Waals surface area contributed by atoms with Gasteiger partial charge in [-0.05, 0) is 152 Å². The molecule has 0 aliphatic carbocycles. The molecule has 131 heavy (non-hydrogen) atoms. The highest BCUT2D eigenvalue weighted by molar-refractivity contribution is 9.10. The van der Waals surface area contributed by atoms with Gasteiger partial charge in [-0.3, -0.25) is 20.1 Å². The Labute approximate surface area is 751 Å². The molecule has 9 aromatic carbocycles. The van der Waals surface area contributed by atoms with Crippen LogP contribution in [-0.4, -0.2) is 95.8 Å². The van der Waals surface area contributed by atoms with Crippen molar-refractivity contribution in [2.75, 3.05) is 24.3 Å². The number of amides is 6. The number of anilines is 2. The van der Waals surface area contributed by atoms with Crippen LogP contribution in [0.15, 0.2) is 265 Å². The molecule has 0 aliphatic heterocycles. The average Bonchev–Trinajstić information content (AvgIpc) is 1.35. The van der Waals surface area contributed by atoms with Gasteiger partial charge < -0.3 is 59.5 Å². The Kier molecular flexibility index (Phi) is 37.0. The van der Waals surface area contributed by atoms with Crippen molar-refractivity contribution in [1.82, 2.24) is 36.0 Å². The van der Waals surface area contributed by atoms with Crippen molar-refractivity contribution in [1.29, 1.82) is 0 Å². The number of aromatic nitrogens is 3. The van der Waals surface area contributed by atoms with Gasteiger partial charge in [0.05, 0.1) is 46.1 Å². The molecule has 7 N–H and O–H groups in total. The number of urea groups is 3. The summed E-state index contributed by atoms with van der Waals surface area (Å²) in [6, 6.07) is 52.4. The normalized spacial score (nSPS) is 11.8. The molecule has 6 amide bonds. The Hall–Kier alpha value is -13.3. The van der Waals surface area contributed by atoms with E-state index in [-0.39, 0.29) is 104 Å². The molecule has 0 unspecified atom stereocenters. The molecule has 0 saturated heterocycles. The van der Waals surface area contributed by atoms with E-state index < -0.39 is 113 Å². The maximum absolute atomic E-state index is 13.6. The molecular formula is C90H86BrF18N9O12S. The van der Waals surface area contributed by atoms with E-state index in [9.17, 15) is 103 Å². The SMILES string of the molecule is C.C.C=C(O)CCCCCCNC(=O)NC(Cc1ccccc1)(c1cccc(OC(F)(F)F)c1)c1cccc(OC(F)(F)F)c1.COC(=O)CCc1csc(NC(=O)NC(Cc2ccccc2)(c2cccc(OC(F)(F)F)c2)c2cccc(OC(F)(F)F)c2)n1.Cn1cc(Br)c(NC(=O)NC(Cc2ccccc2)(c2cccc(OC(F)(F)F)c2)c2cccc(OC(F)(F)F)c2)n1. The van der Waals surface area contributed by atoms with Gasteiger partial charge in [-0.15, -0.1) is 90.4 Å². The predicted molar refractivity (Wildman–Crippen MR) is 454 cm³/mol. The number of halogens is 19. The van der Waals surface area contributed by atoms with Gasteiger partial charge in [-0.1, -0.05) is 198 Å². The minimum Gasteiger partial charge on any atom is -0.513 e. The highest BCUT2D eigenvalue weighted by Crippen LogP contribution is 2.44. The van der Waals surface area contributed by atoms with Crippen LogP contribution in [0.1, 0.15) is 109 Å². The molecule has 0 atom stereocenters. The van der Waals surface area contributed by atoms with Gasteiger partial charge in [0.15, 0.2) is 10.9 Å². The summed E-state index contributed by atoms with van der Waals surface area (Å²) in [5.41, 5.74) is -2.30. The number of nitrogens with one attached hydrogen (secondary N) is 6. The zero-order chi connectivity index (χ0) is 94.0. The first-order valence-corrected chi connectivity index (χ1v) is 40.0. The number of allylic oxidation sites excluding steroid dienone is 1. The molecule has 0 saturated carbocycles. The van der Waals surface area contributed by atoms with Crippen molar-refractivity contribution < 1.29 is 136 Å². The van der Waals surface area contributed by atoms with E-state index >= 15 is 0 Å². The molecule has 0 bridgehead atoms. The number of benzene rings is 9. The minimum atomic E-state index is -5.04. The monoisotopic (exact) mass is 1940 g/mol. The minimum absolute atomic E-state index is 0. The number of aryl methyl sites for hydroxylation is 2. The number of methoxy groups -OCH3 is 1. The van der Waals surface area contributed by atoms with Crippen molar-refractivity contribution >= 4 is 62.3 Å². The molecule has 702 valence electrons. The Morgan fingerprint density at radius 1 is 0.420 bits per heavy atom. The molecule has 0 radical (unpaired) electrons. The second-order valence-electron chi connectivity index (χ2n) is 28.1. The Morgan fingerprint density at radius 3 is 1.02 bits per heavy atom. The first kappa shape index (κ1) is 105. The number of carbonyl (C=O) groups excluding carboxylic acids is 4. The van der Waals surface area contributed by atoms with Gasteiger partial charge in [0.25, 0.3) is 0 Å². The van der Waals surface area contributed by atoms with Gasteiger partial charge >= 0.3 is 62.2 Å². The predicted octanol–water partition coefficient (Wildman–Crippen LogP) is 24.2. The number of rotatable bonds is 33. The van der Waals surface area contributed by atoms with Crippen molar-refractivity contribution in [2.24, 2.45) is 7.05 Å². The molecule has 11 rings (SSSR count). The van der Waals surface area contributed by atoms with E-state index in [1.165, 1.54) is 84.6 Å². The van der Waals surface area contributed by atoms with Crippen LogP contribution in [0.5, 0.6) is 34.5 Å². The second kappa shape index (κ2) is 46.3. The fraction of sp³-hybridized carbons (Fsp3) is 0.267. The van der Waals surface area contributed by atoms with E-state index in [4.69, 9.17) is 0 Å². The lowest BCUT2D eigenvalue weighted by molar-refractivity contribution is -0.275. The third-order valence-electron chi connectivity index (χ3n) is 18.6. The van der Waals surface area contributed by atoms with Crippen molar-refractivity contribution in [3.8, 4) is 34.5 Å². The first-order valence-electron chi connectivity index (χ1n) is 38.3. The lowest BCUT2D eigenvalue weighted by atomic mass is 9.77. The van der Waals surface area contributed by atoms with Crippen LogP contribution in [0.3, 0.4) is 0 Å². The van der Waals surface area contributed by atoms with E-state index in [0.717, 1.165) is 103 Å². The maximum atomic E-state index is 13.6. The summed E-state index contributed by atoms with van der Waals surface area (Å²) in [5.74, 6) is -3.78. The summed E-state index contributed by atoms with van der Waals surface area (Å²) in [5, 5.41) is 31.3. The number of aliphatic hydroxyl groups excluding tert-OH is 1. The Balaban J connectivity index is 0.000000267. The van der Waals surface area contributed by atoms with Crippen LogP contribution in [-0.2, 0) is 58.9 Å². The molecule has 2 aromatic heterocycles. The number of carbonyl (C=O) groups is 4. The maximum Gasteiger partial charge on any atom is 0.573 e. The summed E-state index contributed by atoms with van der Waals surface area (Å²) in [6.07, 6.45) is -25.2. The highest BCUT2D eigenvalue weighted by atomic mass is 79.9. The Morgan fingerprint density at radius 2 is 0.725 bits per heavy atom. The van der Waals surface area contributed by atoms with Crippen LogP contribution in [0, 0.1) is 0 Å². The van der Waals surface area contributed by atoms with Crippen LogP contribution < -0.4 is 60.3 Å². The summed E-state index contributed by atoms with van der Waals surface area (Å²) < 4.78 is 267. The quantitative estimate of drug-likeness (QED) is 0.00874. The lowest BCUT2D eigenvalue weighted by Gasteiger charge is -2.37. The van der Waals surface area contributed by atoms with Gasteiger partial charge in [0, 0.05) is 57.3 Å². The number of ether oxygens (including phenoxy) is 7. The Bertz CT molecular complexity index is 5360. The topological polar surface area (TPSA) is 256 Å². The smallest absolute Gasteiger partial charge is 0.513 e. The average molecular weight is 1940 g/mol. The molecule has 21 nitrogen and oxygen atoms in total. The summed E-state index contributed by atoms with van der Waals surface area (Å²) in [4.78, 5) is 56.1. The number of hydrogen-bond donors (Lipinski definition) is 7. The molecule has 0 aliphatic rings. The van der Waals surface area contributed by atoms with E-state index in [2.05, 4.69) is 97.7 Å². The van der Waals surface area contributed by atoms with Crippen molar-refractivity contribution in [2.45, 2.75) is 134 Å². The molecule has 41 heteroatoms.